The third-order valence-electron chi connectivity index (χ3n) is 4.46. The maximum Gasteiger partial charge on any atom is 0.410 e. The average molecular weight is 404 g/mol. The Kier molecular flexibility index (Phi) is 6.39. The van der Waals surface area contributed by atoms with Crippen molar-refractivity contribution in [3.05, 3.63) is 41.7 Å². The molecule has 1 aromatic carbocycles. The number of nitrogens with zero attached hydrogens (tertiary/aromatic N) is 3. The zero-order chi connectivity index (χ0) is 20.1. The van der Waals surface area contributed by atoms with Crippen molar-refractivity contribution in [1.82, 2.24) is 14.9 Å². The van der Waals surface area contributed by atoms with Crippen LogP contribution in [-0.2, 0) is 4.74 Å². The largest absolute Gasteiger partial charge is 0.490 e. The third kappa shape index (κ3) is 5.83. The van der Waals surface area contributed by atoms with E-state index in [0.29, 0.717) is 42.2 Å². The number of amides is 1. The molecule has 1 aliphatic heterocycles. The molecule has 2 heterocycles. The van der Waals surface area contributed by atoms with Crippen LogP contribution in [0.25, 0.3) is 11.4 Å². The molecule has 0 N–H and O–H groups in total. The van der Waals surface area contributed by atoms with Crippen LogP contribution in [0.4, 0.5) is 4.79 Å². The Morgan fingerprint density at radius 3 is 2.50 bits per heavy atom. The molecule has 0 unspecified atom stereocenters. The number of hydrogen-bond donors (Lipinski definition) is 0. The predicted octanol–water partition coefficient (Wildman–Crippen LogP) is 4.82. The Bertz CT molecular complexity index is 797. The van der Waals surface area contributed by atoms with Crippen LogP contribution < -0.4 is 4.74 Å². The molecule has 1 aliphatic rings. The van der Waals surface area contributed by atoms with Gasteiger partial charge < -0.3 is 14.4 Å². The van der Waals surface area contributed by atoms with Crippen LogP contribution in [0.1, 0.15) is 33.6 Å². The number of likely N-dealkylation sites (tertiary alicyclic amines) is 1. The summed E-state index contributed by atoms with van der Waals surface area (Å²) in [7, 11) is 0. The van der Waals surface area contributed by atoms with Gasteiger partial charge in [0.2, 0.25) is 0 Å². The van der Waals surface area contributed by atoms with E-state index in [1.807, 2.05) is 45.0 Å². The second kappa shape index (κ2) is 8.78. The second-order valence-corrected chi connectivity index (χ2v) is 8.41. The highest BCUT2D eigenvalue weighted by atomic mass is 35.5. The summed E-state index contributed by atoms with van der Waals surface area (Å²) in [4.78, 5) is 22.6. The molecule has 0 radical (unpaired) electrons. The Balaban J connectivity index is 1.46. The molecule has 6 nitrogen and oxygen atoms in total. The quantitative estimate of drug-likeness (QED) is 0.732. The van der Waals surface area contributed by atoms with Gasteiger partial charge in [-0.2, -0.15) is 0 Å². The van der Waals surface area contributed by atoms with E-state index < -0.39 is 5.60 Å². The van der Waals surface area contributed by atoms with E-state index in [4.69, 9.17) is 21.1 Å². The number of carbonyl (C=O) groups is 1. The van der Waals surface area contributed by atoms with Gasteiger partial charge in [-0.15, -0.1) is 0 Å². The van der Waals surface area contributed by atoms with Crippen LogP contribution in [0, 0.1) is 5.92 Å². The molecule has 1 fully saturated rings. The van der Waals surface area contributed by atoms with Gasteiger partial charge in [-0.05, 0) is 51.7 Å². The van der Waals surface area contributed by atoms with Gasteiger partial charge in [0.15, 0.2) is 11.6 Å². The van der Waals surface area contributed by atoms with Crippen LogP contribution in [0.3, 0.4) is 0 Å². The van der Waals surface area contributed by atoms with Crippen LogP contribution >= 0.6 is 11.6 Å². The van der Waals surface area contributed by atoms with E-state index in [1.54, 1.807) is 17.3 Å². The van der Waals surface area contributed by atoms with Gasteiger partial charge in [0.1, 0.15) is 5.60 Å². The molecule has 0 atom stereocenters. The lowest BCUT2D eigenvalue weighted by Crippen LogP contribution is -2.42. The van der Waals surface area contributed by atoms with Gasteiger partial charge in [0, 0.05) is 23.7 Å². The van der Waals surface area contributed by atoms with E-state index in [-0.39, 0.29) is 6.09 Å². The van der Waals surface area contributed by atoms with Crippen LogP contribution in [0.2, 0.25) is 5.02 Å². The highest BCUT2D eigenvalue weighted by molar-refractivity contribution is 6.30. The number of benzene rings is 1. The summed E-state index contributed by atoms with van der Waals surface area (Å²) >= 11 is 6.01. The van der Waals surface area contributed by atoms with Crippen molar-refractivity contribution in [3.63, 3.8) is 0 Å². The fourth-order valence-electron chi connectivity index (χ4n) is 2.99. The number of aromatic nitrogens is 2. The van der Waals surface area contributed by atoms with Gasteiger partial charge in [0.25, 0.3) is 0 Å². The maximum atomic E-state index is 12.1. The van der Waals surface area contributed by atoms with Crippen molar-refractivity contribution in [3.8, 4) is 17.1 Å². The number of carbonyl (C=O) groups excluding carboxylic acids is 1. The molecule has 1 saturated heterocycles. The first-order chi connectivity index (χ1) is 13.3. The summed E-state index contributed by atoms with van der Waals surface area (Å²) in [5.41, 5.74) is 0.405. The Hall–Kier alpha value is -2.34. The Labute approximate surface area is 170 Å². The second-order valence-electron chi connectivity index (χ2n) is 7.97. The first-order valence-corrected chi connectivity index (χ1v) is 9.87. The van der Waals surface area contributed by atoms with Crippen molar-refractivity contribution in [2.75, 3.05) is 19.7 Å². The third-order valence-corrected chi connectivity index (χ3v) is 4.70. The molecule has 0 bridgehead atoms. The van der Waals surface area contributed by atoms with Crippen LogP contribution in [-0.4, -0.2) is 46.3 Å². The van der Waals surface area contributed by atoms with Gasteiger partial charge in [-0.25, -0.2) is 14.8 Å². The van der Waals surface area contributed by atoms with Crippen molar-refractivity contribution < 1.29 is 14.3 Å². The molecular weight excluding hydrogens is 378 g/mol. The van der Waals surface area contributed by atoms with Gasteiger partial charge in [-0.1, -0.05) is 23.7 Å². The summed E-state index contributed by atoms with van der Waals surface area (Å²) in [6.07, 6.45) is 4.90. The van der Waals surface area contributed by atoms with E-state index in [1.165, 1.54) is 0 Å². The summed E-state index contributed by atoms with van der Waals surface area (Å²) < 4.78 is 11.3. The summed E-state index contributed by atoms with van der Waals surface area (Å²) in [5, 5.41) is 0.652. The van der Waals surface area contributed by atoms with E-state index >= 15 is 0 Å². The minimum Gasteiger partial charge on any atom is -0.490 e. The topological polar surface area (TPSA) is 64.5 Å². The monoisotopic (exact) mass is 403 g/mol. The molecule has 1 aromatic heterocycles. The standard InChI is InChI=1S/C21H26ClN3O3/c1-21(2,3)28-20(26)25-9-7-15(8-10-25)14-27-18-12-23-19(24-13-18)16-5-4-6-17(22)11-16/h4-6,11-13,15H,7-10,14H2,1-3H3. The van der Waals surface area contributed by atoms with E-state index in [0.717, 1.165) is 18.4 Å². The summed E-state index contributed by atoms with van der Waals surface area (Å²) in [6.45, 7) is 7.60. The number of rotatable bonds is 4. The molecule has 0 saturated carbocycles. The number of hydrogen-bond acceptors (Lipinski definition) is 5. The lowest BCUT2D eigenvalue weighted by molar-refractivity contribution is 0.0165. The molecule has 28 heavy (non-hydrogen) atoms. The Morgan fingerprint density at radius 2 is 1.89 bits per heavy atom. The summed E-state index contributed by atoms with van der Waals surface area (Å²) in [6, 6.07) is 7.43. The average Bonchev–Trinajstić information content (AvgIpc) is 2.66. The predicted molar refractivity (Wildman–Crippen MR) is 109 cm³/mol. The summed E-state index contributed by atoms with van der Waals surface area (Å²) in [5.74, 6) is 1.65. The fraction of sp³-hybridized carbons (Fsp3) is 0.476. The molecule has 7 heteroatoms. The highest BCUT2D eigenvalue weighted by Gasteiger charge is 2.27. The molecule has 1 amide bonds. The molecular formula is C21H26ClN3O3. The number of halogens is 1. The van der Waals surface area contributed by atoms with Gasteiger partial charge >= 0.3 is 6.09 Å². The van der Waals surface area contributed by atoms with E-state index in [9.17, 15) is 4.79 Å². The van der Waals surface area contributed by atoms with Crippen molar-refractivity contribution in [1.29, 1.82) is 0 Å². The van der Waals surface area contributed by atoms with Crippen molar-refractivity contribution in [2.24, 2.45) is 5.92 Å². The normalized spacial score (nSPS) is 15.4. The molecule has 0 aliphatic carbocycles. The number of ether oxygens (including phenoxy) is 2. The van der Waals surface area contributed by atoms with Gasteiger partial charge in [-0.3, -0.25) is 0 Å². The minimum absolute atomic E-state index is 0.239. The fourth-order valence-corrected chi connectivity index (χ4v) is 3.18. The highest BCUT2D eigenvalue weighted by Crippen LogP contribution is 2.23. The SMILES string of the molecule is CC(C)(C)OC(=O)N1CCC(COc2cnc(-c3cccc(Cl)c3)nc2)CC1. The zero-order valence-corrected chi connectivity index (χ0v) is 17.3. The molecule has 150 valence electrons. The van der Waals surface area contributed by atoms with Crippen LogP contribution in [0.15, 0.2) is 36.7 Å². The zero-order valence-electron chi connectivity index (χ0n) is 16.5. The Morgan fingerprint density at radius 1 is 1.21 bits per heavy atom. The molecule has 0 spiro atoms. The first kappa shape index (κ1) is 20.4. The molecule has 3 rings (SSSR count). The maximum absolute atomic E-state index is 12.1. The number of piperidine rings is 1. The van der Waals surface area contributed by atoms with Crippen molar-refractivity contribution in [2.45, 2.75) is 39.2 Å². The van der Waals surface area contributed by atoms with Crippen molar-refractivity contribution >= 4 is 17.7 Å². The van der Waals surface area contributed by atoms with Gasteiger partial charge in [0.05, 0.1) is 19.0 Å². The van der Waals surface area contributed by atoms with Crippen LogP contribution in [0.5, 0.6) is 5.75 Å². The smallest absolute Gasteiger partial charge is 0.410 e. The minimum atomic E-state index is -0.464. The molecule has 2 aromatic rings. The lowest BCUT2D eigenvalue weighted by atomic mass is 9.98. The van der Waals surface area contributed by atoms with E-state index in [2.05, 4.69) is 9.97 Å². The first-order valence-electron chi connectivity index (χ1n) is 9.49. The lowest BCUT2D eigenvalue weighted by Gasteiger charge is -2.33.